The number of furan rings is 1. The van der Waals surface area contributed by atoms with Crippen LogP contribution in [0.25, 0.3) is 21.9 Å². The summed E-state index contributed by atoms with van der Waals surface area (Å²) in [7, 11) is -2.51. The van der Waals surface area contributed by atoms with Gasteiger partial charge in [0.1, 0.15) is 16.9 Å². The summed E-state index contributed by atoms with van der Waals surface area (Å²) < 4.78 is 38.9. The highest BCUT2D eigenvalue weighted by Crippen LogP contribution is 2.36. The predicted molar refractivity (Wildman–Crippen MR) is 141 cm³/mol. The van der Waals surface area contributed by atoms with E-state index in [1.807, 2.05) is 30.3 Å². The number of benzene rings is 3. The number of hydrogen-bond donors (Lipinski definition) is 2. The standard InChI is InChI=1S/C26H26N4O7S/c1-17(28-11-13-29(14-12-28)38(34,35)25-10-6-4-8-21(25)30(32)33)26(31)27-20-16-23-19(15-24(20)36-2)18-7-3-5-9-22(18)37-23/h3-10,15-17H,11-14H2,1-2H3,(H,27,31)/p+1/t17-/m1/s1. The lowest BCUT2D eigenvalue weighted by atomic mass is 10.1. The van der Waals surface area contributed by atoms with Crippen molar-refractivity contribution in [1.82, 2.24) is 4.31 Å². The van der Waals surface area contributed by atoms with Crippen molar-refractivity contribution in [2.75, 3.05) is 38.6 Å². The molecule has 0 spiro atoms. The lowest BCUT2D eigenvalue weighted by Gasteiger charge is -2.34. The number of nitro benzene ring substituents is 1. The molecule has 1 atom stereocenters. The number of nitrogens with zero attached hydrogens (tertiary/aromatic N) is 2. The van der Waals surface area contributed by atoms with Gasteiger partial charge in [-0.15, -0.1) is 0 Å². The van der Waals surface area contributed by atoms with E-state index in [-0.39, 0.29) is 23.9 Å². The molecule has 0 radical (unpaired) electrons. The lowest BCUT2D eigenvalue weighted by molar-refractivity contribution is -0.917. The van der Waals surface area contributed by atoms with Crippen LogP contribution in [0, 0.1) is 10.1 Å². The lowest BCUT2D eigenvalue weighted by Crippen LogP contribution is -3.19. The monoisotopic (exact) mass is 539 g/mol. The number of piperazine rings is 1. The molecule has 0 aliphatic carbocycles. The number of para-hydroxylation sites is 2. The molecule has 1 aliphatic rings. The average Bonchev–Trinajstić information content (AvgIpc) is 3.29. The minimum atomic E-state index is -4.05. The van der Waals surface area contributed by atoms with Crippen LogP contribution in [0.5, 0.6) is 5.75 Å². The number of carbonyl (C=O) groups is 1. The van der Waals surface area contributed by atoms with Crippen LogP contribution in [0.4, 0.5) is 11.4 Å². The van der Waals surface area contributed by atoms with Crippen molar-refractivity contribution in [2.24, 2.45) is 0 Å². The molecule has 11 nitrogen and oxygen atoms in total. The SMILES string of the molecule is COc1cc2c(cc1NC(=O)[C@@H](C)[NH+]1CCN(S(=O)(=O)c3ccccc3[N+](=O)[O-])CC1)oc1ccccc12. The number of anilines is 1. The Morgan fingerprint density at radius 1 is 1.08 bits per heavy atom. The topological polar surface area (TPSA) is 136 Å². The van der Waals surface area contributed by atoms with Gasteiger partial charge in [0.25, 0.3) is 11.6 Å². The Morgan fingerprint density at radius 2 is 1.76 bits per heavy atom. The van der Waals surface area contributed by atoms with Crippen LogP contribution in [-0.4, -0.2) is 62.9 Å². The first-order valence-corrected chi connectivity index (χ1v) is 13.5. The zero-order valence-corrected chi connectivity index (χ0v) is 21.7. The number of fused-ring (bicyclic) bond motifs is 3. The summed E-state index contributed by atoms with van der Waals surface area (Å²) in [5.74, 6) is 0.253. The van der Waals surface area contributed by atoms with E-state index in [4.69, 9.17) is 9.15 Å². The second-order valence-electron chi connectivity index (χ2n) is 9.14. The number of carbonyl (C=O) groups excluding carboxylic acids is 1. The summed E-state index contributed by atoms with van der Waals surface area (Å²) in [4.78, 5) is 24.4. The number of nitro groups is 1. The smallest absolute Gasteiger partial charge is 0.289 e. The molecule has 1 fully saturated rings. The highest BCUT2D eigenvalue weighted by Gasteiger charge is 2.37. The molecule has 1 aliphatic heterocycles. The zero-order valence-electron chi connectivity index (χ0n) is 20.8. The maximum atomic E-state index is 13.2. The first kappa shape index (κ1) is 25.6. The van der Waals surface area contributed by atoms with E-state index >= 15 is 0 Å². The minimum Gasteiger partial charge on any atom is -0.495 e. The van der Waals surface area contributed by atoms with Gasteiger partial charge < -0.3 is 19.4 Å². The number of sulfonamides is 1. The largest absolute Gasteiger partial charge is 0.495 e. The van der Waals surface area contributed by atoms with Gasteiger partial charge in [-0.05, 0) is 25.1 Å². The predicted octanol–water partition coefficient (Wildman–Crippen LogP) is 2.42. The molecule has 0 unspecified atom stereocenters. The Morgan fingerprint density at radius 3 is 2.47 bits per heavy atom. The third-order valence-corrected chi connectivity index (χ3v) is 8.95. The van der Waals surface area contributed by atoms with E-state index in [2.05, 4.69) is 5.32 Å². The van der Waals surface area contributed by atoms with Crippen LogP contribution >= 0.6 is 0 Å². The highest BCUT2D eigenvalue weighted by molar-refractivity contribution is 7.89. The van der Waals surface area contributed by atoms with Crippen molar-refractivity contribution in [2.45, 2.75) is 17.9 Å². The van der Waals surface area contributed by atoms with Crippen molar-refractivity contribution < 1.29 is 32.2 Å². The number of amides is 1. The number of methoxy groups -OCH3 is 1. The van der Waals surface area contributed by atoms with Gasteiger partial charge in [-0.2, -0.15) is 4.31 Å². The van der Waals surface area contributed by atoms with Gasteiger partial charge in [-0.25, -0.2) is 8.42 Å². The number of quaternary nitrogens is 1. The Bertz CT molecular complexity index is 1640. The van der Waals surface area contributed by atoms with Crippen LogP contribution in [-0.2, 0) is 14.8 Å². The molecule has 198 valence electrons. The first-order chi connectivity index (χ1) is 18.2. The fraction of sp³-hybridized carbons (Fsp3) is 0.269. The molecular weight excluding hydrogens is 512 g/mol. The number of rotatable bonds is 7. The van der Waals surface area contributed by atoms with Gasteiger partial charge in [0.15, 0.2) is 10.9 Å². The average molecular weight is 540 g/mol. The molecule has 1 amide bonds. The molecule has 3 aromatic carbocycles. The molecule has 12 heteroatoms. The van der Waals surface area contributed by atoms with E-state index in [1.54, 1.807) is 13.0 Å². The number of ether oxygens (including phenoxy) is 1. The van der Waals surface area contributed by atoms with Crippen LogP contribution < -0.4 is 15.0 Å². The Kier molecular flexibility index (Phi) is 6.78. The van der Waals surface area contributed by atoms with Crippen LogP contribution in [0.15, 0.2) is 70.0 Å². The quantitative estimate of drug-likeness (QED) is 0.272. The van der Waals surface area contributed by atoms with Gasteiger partial charge >= 0.3 is 0 Å². The molecule has 5 rings (SSSR count). The molecule has 0 saturated carbocycles. The molecule has 38 heavy (non-hydrogen) atoms. The van der Waals surface area contributed by atoms with E-state index in [9.17, 15) is 23.3 Å². The summed E-state index contributed by atoms with van der Waals surface area (Å²) in [5.41, 5.74) is 1.38. The second-order valence-corrected chi connectivity index (χ2v) is 11.1. The number of nitrogens with one attached hydrogen (secondary N) is 2. The van der Waals surface area contributed by atoms with Gasteiger partial charge in [-0.3, -0.25) is 14.9 Å². The van der Waals surface area contributed by atoms with Crippen LogP contribution in [0.3, 0.4) is 0 Å². The Balaban J connectivity index is 1.29. The highest BCUT2D eigenvalue weighted by atomic mass is 32.2. The fourth-order valence-electron chi connectivity index (χ4n) is 4.86. The third kappa shape index (κ3) is 4.57. The maximum absolute atomic E-state index is 13.2. The Hall–Kier alpha value is -4.00. The number of hydrogen-bond acceptors (Lipinski definition) is 7. The van der Waals surface area contributed by atoms with Crippen LogP contribution in [0.1, 0.15) is 6.92 Å². The van der Waals surface area contributed by atoms with Gasteiger partial charge in [0, 0.05) is 22.9 Å². The van der Waals surface area contributed by atoms with Crippen molar-refractivity contribution in [3.63, 3.8) is 0 Å². The van der Waals surface area contributed by atoms with Gasteiger partial charge in [-0.1, -0.05) is 30.3 Å². The summed E-state index contributed by atoms with van der Waals surface area (Å²) in [6.45, 7) is 2.79. The minimum absolute atomic E-state index is 0.135. The normalized spacial score (nSPS) is 15.9. The molecular formula is C26H27N4O7S+. The molecule has 1 aromatic heterocycles. The van der Waals surface area contributed by atoms with Crippen LogP contribution in [0.2, 0.25) is 0 Å². The fourth-order valence-corrected chi connectivity index (χ4v) is 6.46. The maximum Gasteiger partial charge on any atom is 0.289 e. The van der Waals surface area contributed by atoms with Crippen molar-refractivity contribution >= 4 is 49.2 Å². The summed E-state index contributed by atoms with van der Waals surface area (Å²) in [6.07, 6.45) is 0. The third-order valence-electron chi connectivity index (χ3n) is 7.01. The summed E-state index contributed by atoms with van der Waals surface area (Å²) in [5, 5.41) is 16.1. The van der Waals surface area contributed by atoms with E-state index in [1.165, 1.54) is 35.7 Å². The van der Waals surface area contributed by atoms with E-state index < -0.39 is 26.7 Å². The van der Waals surface area contributed by atoms with Crippen molar-refractivity contribution in [3.05, 3.63) is 70.8 Å². The van der Waals surface area contributed by atoms with E-state index in [0.717, 1.165) is 21.3 Å². The van der Waals surface area contributed by atoms with E-state index in [0.29, 0.717) is 30.1 Å². The van der Waals surface area contributed by atoms with Gasteiger partial charge in [0.05, 0.1) is 43.9 Å². The second kappa shape index (κ2) is 10.0. The molecule has 1 saturated heterocycles. The molecule has 2 N–H and O–H groups in total. The zero-order chi connectivity index (χ0) is 27.0. The Labute approximate surface area is 218 Å². The summed E-state index contributed by atoms with van der Waals surface area (Å²) in [6, 6.07) is 16.1. The van der Waals surface area contributed by atoms with Gasteiger partial charge in [0.2, 0.25) is 10.0 Å². The molecule has 2 heterocycles. The molecule has 0 bridgehead atoms. The summed E-state index contributed by atoms with van der Waals surface area (Å²) >= 11 is 0. The first-order valence-electron chi connectivity index (χ1n) is 12.1. The van der Waals surface area contributed by atoms with Crippen molar-refractivity contribution in [1.29, 1.82) is 0 Å². The molecule has 4 aromatic rings. The van der Waals surface area contributed by atoms with Crippen molar-refractivity contribution in [3.8, 4) is 5.75 Å².